The van der Waals surface area contributed by atoms with Gasteiger partial charge in [-0.25, -0.2) is 14.8 Å². The van der Waals surface area contributed by atoms with E-state index in [9.17, 15) is 4.79 Å². The number of urea groups is 1. The lowest BCUT2D eigenvalue weighted by Gasteiger charge is -2.34. The van der Waals surface area contributed by atoms with Crippen LogP contribution in [0, 0.1) is 0 Å². The summed E-state index contributed by atoms with van der Waals surface area (Å²) in [7, 11) is 0. The molecule has 32 heavy (non-hydrogen) atoms. The smallest absolute Gasteiger partial charge is 0.320 e. The lowest BCUT2D eigenvalue weighted by atomic mass is 10.0. The van der Waals surface area contributed by atoms with E-state index in [0.29, 0.717) is 51.0 Å². The van der Waals surface area contributed by atoms with Crippen molar-refractivity contribution in [3.05, 3.63) is 45.1 Å². The second-order valence-corrected chi connectivity index (χ2v) is 9.58. The van der Waals surface area contributed by atoms with Gasteiger partial charge in [0.15, 0.2) is 0 Å². The standard InChI is InChI=1S/C22H21ClN6O2S/c23-16-7-13-9-24-10-14(13)8-17(16)27-20-19-15-1-2-29(22(30)28-3-5-31-6-4-28)11-18(15)32-21(19)26-12-25-20/h7-8,10,12H,1-6,9,11H2,(H,25,26,27). The van der Waals surface area contributed by atoms with E-state index < -0.39 is 0 Å². The van der Waals surface area contributed by atoms with Crippen LogP contribution < -0.4 is 5.32 Å². The molecule has 3 aliphatic rings. The van der Waals surface area contributed by atoms with Crippen LogP contribution in [0.3, 0.4) is 0 Å². The summed E-state index contributed by atoms with van der Waals surface area (Å²) in [6.07, 6.45) is 4.23. The largest absolute Gasteiger partial charge is 0.378 e. The summed E-state index contributed by atoms with van der Waals surface area (Å²) < 4.78 is 5.38. The molecule has 1 aromatic carbocycles. The number of thiophene rings is 1. The molecule has 3 aromatic rings. The summed E-state index contributed by atoms with van der Waals surface area (Å²) >= 11 is 8.17. The number of nitrogens with one attached hydrogen (secondary N) is 1. The van der Waals surface area contributed by atoms with Crippen LogP contribution in [0.4, 0.5) is 16.3 Å². The average molecular weight is 469 g/mol. The molecular formula is C22H21ClN6O2S. The van der Waals surface area contributed by atoms with Crippen molar-refractivity contribution in [3.8, 4) is 0 Å². The van der Waals surface area contributed by atoms with Gasteiger partial charge in [-0.2, -0.15) is 0 Å². The Labute approximate surface area is 193 Å². The van der Waals surface area contributed by atoms with Gasteiger partial charge in [0.1, 0.15) is 17.0 Å². The third-order valence-electron chi connectivity index (χ3n) is 6.16. The normalized spacial score (nSPS) is 17.5. The third-order valence-corrected chi connectivity index (χ3v) is 7.60. The lowest BCUT2D eigenvalue weighted by Crippen LogP contribution is -2.49. The Bertz CT molecular complexity index is 1250. The number of aromatic nitrogens is 2. The van der Waals surface area contributed by atoms with Gasteiger partial charge >= 0.3 is 6.03 Å². The van der Waals surface area contributed by atoms with Crippen molar-refractivity contribution in [1.29, 1.82) is 0 Å². The van der Waals surface area contributed by atoms with E-state index in [0.717, 1.165) is 39.3 Å². The summed E-state index contributed by atoms with van der Waals surface area (Å²) in [6, 6.07) is 4.07. The molecule has 5 heterocycles. The molecule has 0 aliphatic carbocycles. The summed E-state index contributed by atoms with van der Waals surface area (Å²) in [6.45, 7) is 4.47. The molecule has 1 N–H and O–H groups in total. The number of carbonyl (C=O) groups is 1. The monoisotopic (exact) mass is 468 g/mol. The van der Waals surface area contributed by atoms with Crippen LogP contribution in [-0.4, -0.2) is 64.9 Å². The zero-order chi connectivity index (χ0) is 21.7. The number of hydrogen-bond donors (Lipinski definition) is 1. The fraction of sp³-hybridized carbons (Fsp3) is 0.364. The van der Waals surface area contributed by atoms with Crippen molar-refractivity contribution < 1.29 is 9.53 Å². The van der Waals surface area contributed by atoms with Gasteiger partial charge in [-0.3, -0.25) is 4.99 Å². The van der Waals surface area contributed by atoms with Gasteiger partial charge in [-0.05, 0) is 35.2 Å². The number of aliphatic imine (C=N–C) groups is 1. The zero-order valence-corrected chi connectivity index (χ0v) is 18.9. The van der Waals surface area contributed by atoms with Gasteiger partial charge in [-0.15, -0.1) is 11.3 Å². The minimum atomic E-state index is 0.0902. The Morgan fingerprint density at radius 1 is 1.16 bits per heavy atom. The molecule has 0 radical (unpaired) electrons. The summed E-state index contributed by atoms with van der Waals surface area (Å²) in [4.78, 5) is 32.2. The molecule has 1 fully saturated rings. The van der Waals surface area contributed by atoms with Crippen LogP contribution in [0.25, 0.3) is 10.2 Å². The fourth-order valence-electron chi connectivity index (χ4n) is 4.49. The molecule has 8 nitrogen and oxygen atoms in total. The van der Waals surface area contributed by atoms with Crippen LogP contribution >= 0.6 is 22.9 Å². The Kier molecular flexibility index (Phi) is 4.97. The predicted molar refractivity (Wildman–Crippen MR) is 125 cm³/mol. The molecule has 0 spiro atoms. The van der Waals surface area contributed by atoms with Crippen molar-refractivity contribution in [2.24, 2.45) is 4.99 Å². The van der Waals surface area contributed by atoms with Gasteiger partial charge in [-0.1, -0.05) is 11.6 Å². The maximum Gasteiger partial charge on any atom is 0.320 e. The van der Waals surface area contributed by atoms with Crippen molar-refractivity contribution in [1.82, 2.24) is 19.8 Å². The van der Waals surface area contributed by atoms with Gasteiger partial charge in [0.2, 0.25) is 0 Å². The summed E-state index contributed by atoms with van der Waals surface area (Å²) in [5.41, 5.74) is 4.23. The molecule has 0 atom stereocenters. The highest BCUT2D eigenvalue weighted by molar-refractivity contribution is 7.19. The number of amides is 2. The molecule has 1 saturated heterocycles. The molecule has 6 rings (SSSR count). The van der Waals surface area contributed by atoms with Crippen LogP contribution in [0.2, 0.25) is 5.02 Å². The first-order chi connectivity index (χ1) is 15.7. The van der Waals surface area contributed by atoms with Crippen molar-refractivity contribution in [2.75, 3.05) is 38.2 Å². The van der Waals surface area contributed by atoms with E-state index in [1.807, 2.05) is 28.1 Å². The van der Waals surface area contributed by atoms with E-state index in [1.54, 1.807) is 17.7 Å². The number of anilines is 2. The van der Waals surface area contributed by atoms with E-state index in [-0.39, 0.29) is 6.03 Å². The number of halogens is 1. The highest BCUT2D eigenvalue weighted by Gasteiger charge is 2.29. The van der Waals surface area contributed by atoms with Crippen molar-refractivity contribution >= 4 is 56.9 Å². The number of morpholine rings is 1. The molecule has 0 bridgehead atoms. The average Bonchev–Trinajstić information content (AvgIpc) is 3.43. The van der Waals surface area contributed by atoms with Crippen molar-refractivity contribution in [2.45, 2.75) is 19.5 Å². The van der Waals surface area contributed by atoms with Crippen LogP contribution in [0.1, 0.15) is 21.6 Å². The number of fused-ring (bicyclic) bond motifs is 4. The minimum absolute atomic E-state index is 0.0902. The lowest BCUT2D eigenvalue weighted by molar-refractivity contribution is 0.0423. The van der Waals surface area contributed by atoms with Crippen molar-refractivity contribution in [3.63, 3.8) is 0 Å². The summed E-state index contributed by atoms with van der Waals surface area (Å²) in [5.74, 6) is 0.747. The van der Waals surface area contributed by atoms with E-state index in [4.69, 9.17) is 16.3 Å². The number of carbonyl (C=O) groups excluding carboxylic acids is 1. The van der Waals surface area contributed by atoms with E-state index >= 15 is 0 Å². The van der Waals surface area contributed by atoms with Crippen LogP contribution in [0.15, 0.2) is 23.5 Å². The van der Waals surface area contributed by atoms with Crippen LogP contribution in [-0.2, 0) is 24.2 Å². The second kappa shape index (κ2) is 7.99. The Balaban J connectivity index is 1.30. The molecule has 0 saturated carbocycles. The Morgan fingerprint density at radius 2 is 2.03 bits per heavy atom. The molecule has 3 aliphatic heterocycles. The van der Waals surface area contributed by atoms with E-state index in [1.165, 1.54) is 10.4 Å². The third kappa shape index (κ3) is 3.41. The molecule has 10 heteroatoms. The first-order valence-electron chi connectivity index (χ1n) is 10.6. The van der Waals surface area contributed by atoms with Crippen LogP contribution in [0.5, 0.6) is 0 Å². The Morgan fingerprint density at radius 3 is 2.91 bits per heavy atom. The van der Waals surface area contributed by atoms with Gasteiger partial charge in [0.25, 0.3) is 0 Å². The topological polar surface area (TPSA) is 83.0 Å². The molecule has 2 amide bonds. The highest BCUT2D eigenvalue weighted by Crippen LogP contribution is 2.39. The number of rotatable bonds is 2. The van der Waals surface area contributed by atoms with Gasteiger partial charge in [0.05, 0.1) is 42.4 Å². The number of benzene rings is 1. The predicted octanol–water partition coefficient (Wildman–Crippen LogP) is 3.83. The molecule has 164 valence electrons. The summed E-state index contributed by atoms with van der Waals surface area (Å²) in [5, 5.41) is 5.10. The SMILES string of the molecule is O=C(N1CCOCC1)N1CCc2c(sc3ncnc(Nc4cc5c(cc4Cl)CN=C5)c23)C1. The Hall–Kier alpha value is -2.75. The first-order valence-corrected chi connectivity index (χ1v) is 11.8. The molecule has 0 unspecified atom stereocenters. The van der Waals surface area contributed by atoms with E-state index in [2.05, 4.69) is 20.3 Å². The number of nitrogens with zero attached hydrogens (tertiary/aromatic N) is 5. The fourth-order valence-corrected chi connectivity index (χ4v) is 5.93. The number of ether oxygens (including phenoxy) is 1. The maximum absolute atomic E-state index is 13.0. The number of hydrogen-bond acceptors (Lipinski definition) is 7. The maximum atomic E-state index is 13.0. The zero-order valence-electron chi connectivity index (χ0n) is 17.3. The first kappa shape index (κ1) is 19.9. The quantitative estimate of drug-likeness (QED) is 0.618. The van der Waals surface area contributed by atoms with Gasteiger partial charge < -0.3 is 19.9 Å². The minimum Gasteiger partial charge on any atom is -0.378 e. The highest BCUT2D eigenvalue weighted by atomic mass is 35.5. The van der Waals surface area contributed by atoms with Gasteiger partial charge in [0, 0.05) is 30.7 Å². The molecule has 2 aromatic heterocycles. The second-order valence-electron chi connectivity index (χ2n) is 8.09. The molecular weight excluding hydrogens is 448 g/mol.